The van der Waals surface area contributed by atoms with Crippen molar-refractivity contribution in [2.24, 2.45) is 0 Å². The minimum atomic E-state index is -1.10. The lowest BCUT2D eigenvalue weighted by Crippen LogP contribution is -2.41. The second kappa shape index (κ2) is 9.12. The monoisotopic (exact) mass is 392 g/mol. The van der Waals surface area contributed by atoms with Crippen LogP contribution in [0.25, 0.3) is 5.57 Å². The van der Waals surface area contributed by atoms with Crippen LogP contribution < -0.4 is 9.47 Å². The fourth-order valence-electron chi connectivity index (χ4n) is 2.86. The number of halogens is 1. The van der Waals surface area contributed by atoms with Crippen LogP contribution in [-0.4, -0.2) is 45.8 Å². The van der Waals surface area contributed by atoms with Crippen molar-refractivity contribution in [2.45, 2.75) is 45.3 Å². The van der Waals surface area contributed by atoms with Gasteiger partial charge in [0.15, 0.2) is 0 Å². The quantitative estimate of drug-likeness (QED) is 0.349. The van der Waals surface area contributed by atoms with Gasteiger partial charge in [0.25, 0.3) is 0 Å². The molecule has 0 radical (unpaired) electrons. The van der Waals surface area contributed by atoms with Crippen LogP contribution in [0.15, 0.2) is 36.6 Å². The molecule has 0 aromatic heterocycles. The zero-order valence-corrected chi connectivity index (χ0v) is 17.6. The minimum Gasteiger partial charge on any atom is -0.497 e. The molecule has 0 amide bonds. The van der Waals surface area contributed by atoms with E-state index in [9.17, 15) is 0 Å². The van der Waals surface area contributed by atoms with Crippen molar-refractivity contribution in [3.63, 3.8) is 0 Å². The molecular formula is C21H30BFO5. The third kappa shape index (κ3) is 4.77. The molecule has 0 aliphatic carbocycles. The van der Waals surface area contributed by atoms with Gasteiger partial charge in [-0.05, 0) is 57.9 Å². The van der Waals surface area contributed by atoms with E-state index in [0.29, 0.717) is 42.3 Å². The Hall–Kier alpha value is -1.83. The second-order valence-corrected chi connectivity index (χ2v) is 7.59. The number of rotatable bonds is 9. The topological polar surface area (TPSA) is 46.2 Å². The van der Waals surface area contributed by atoms with Crippen molar-refractivity contribution in [2.75, 3.05) is 27.4 Å². The zero-order valence-electron chi connectivity index (χ0n) is 17.6. The lowest BCUT2D eigenvalue weighted by atomic mass is 9.81. The Morgan fingerprint density at radius 2 is 1.79 bits per heavy atom. The standard InChI is InChI=1S/C21H30BFO5/c1-8-12-26-13-11-16(17-14-15(24-6)9-10-18(17)25-7)19(23)22-27-20(2,3)21(4,5)28-22/h8-10,14H,1,11-13H2,2-7H3. The molecule has 0 spiro atoms. The molecule has 2 rings (SSSR count). The molecule has 0 bridgehead atoms. The van der Waals surface area contributed by atoms with E-state index in [0.717, 1.165) is 0 Å². The second-order valence-electron chi connectivity index (χ2n) is 7.59. The van der Waals surface area contributed by atoms with E-state index in [2.05, 4.69) is 6.58 Å². The Morgan fingerprint density at radius 3 is 2.32 bits per heavy atom. The van der Waals surface area contributed by atoms with Gasteiger partial charge >= 0.3 is 7.12 Å². The predicted octanol–water partition coefficient (Wildman–Crippen LogP) is 4.61. The smallest absolute Gasteiger partial charge is 0.497 e. The van der Waals surface area contributed by atoms with Gasteiger partial charge in [-0.15, -0.1) is 6.58 Å². The van der Waals surface area contributed by atoms with E-state index >= 15 is 4.39 Å². The molecule has 1 heterocycles. The number of ether oxygens (including phenoxy) is 3. The third-order valence-electron chi connectivity index (χ3n) is 5.21. The molecule has 154 valence electrons. The summed E-state index contributed by atoms with van der Waals surface area (Å²) in [5.41, 5.74) is -0.794. The van der Waals surface area contributed by atoms with Crippen LogP contribution >= 0.6 is 0 Å². The van der Waals surface area contributed by atoms with E-state index < -0.39 is 24.0 Å². The largest absolute Gasteiger partial charge is 0.525 e. The van der Waals surface area contributed by atoms with Crippen LogP contribution in [-0.2, 0) is 14.0 Å². The van der Waals surface area contributed by atoms with Gasteiger partial charge in [-0.25, -0.2) is 4.39 Å². The summed E-state index contributed by atoms with van der Waals surface area (Å²) in [6.07, 6.45) is 1.97. The molecule has 1 fully saturated rings. The molecule has 28 heavy (non-hydrogen) atoms. The van der Waals surface area contributed by atoms with E-state index in [4.69, 9.17) is 23.5 Å². The average molecular weight is 392 g/mol. The van der Waals surface area contributed by atoms with Crippen LogP contribution in [0.3, 0.4) is 0 Å². The maximum Gasteiger partial charge on any atom is 0.525 e. The molecule has 0 saturated carbocycles. The molecule has 7 heteroatoms. The van der Waals surface area contributed by atoms with Crippen LogP contribution in [0.4, 0.5) is 4.39 Å². The summed E-state index contributed by atoms with van der Waals surface area (Å²) in [4.78, 5) is 0. The van der Waals surface area contributed by atoms with Gasteiger partial charge in [0, 0.05) is 5.56 Å². The predicted molar refractivity (Wildman–Crippen MR) is 109 cm³/mol. The summed E-state index contributed by atoms with van der Waals surface area (Å²) >= 11 is 0. The molecule has 1 aromatic carbocycles. The highest BCUT2D eigenvalue weighted by atomic mass is 19.1. The average Bonchev–Trinajstić information content (AvgIpc) is 2.88. The van der Waals surface area contributed by atoms with Crippen molar-refractivity contribution in [1.29, 1.82) is 0 Å². The number of hydrogen-bond donors (Lipinski definition) is 0. The number of methoxy groups -OCH3 is 2. The first-order valence-electron chi connectivity index (χ1n) is 9.32. The van der Waals surface area contributed by atoms with Crippen LogP contribution in [0.2, 0.25) is 0 Å². The summed E-state index contributed by atoms with van der Waals surface area (Å²) in [5, 5.41) is 0. The SMILES string of the molecule is C=CCOCCC(=C(F)B1OC(C)(C)C(C)(C)O1)c1cc(OC)ccc1OC. The lowest BCUT2D eigenvalue weighted by molar-refractivity contribution is 0.00578. The van der Waals surface area contributed by atoms with E-state index in [1.165, 1.54) is 0 Å². The van der Waals surface area contributed by atoms with Gasteiger partial charge in [0.05, 0.1) is 38.6 Å². The van der Waals surface area contributed by atoms with Gasteiger partial charge < -0.3 is 23.5 Å². The van der Waals surface area contributed by atoms with E-state index in [1.54, 1.807) is 38.5 Å². The Balaban J connectivity index is 2.47. The van der Waals surface area contributed by atoms with Gasteiger partial charge in [-0.3, -0.25) is 0 Å². The summed E-state index contributed by atoms with van der Waals surface area (Å²) < 4.78 is 43.7. The molecule has 1 aliphatic heterocycles. The number of benzene rings is 1. The highest BCUT2D eigenvalue weighted by Crippen LogP contribution is 2.42. The molecular weight excluding hydrogens is 362 g/mol. The summed E-state index contributed by atoms with van der Waals surface area (Å²) in [7, 11) is 2.01. The molecule has 1 aliphatic rings. The van der Waals surface area contributed by atoms with Crippen LogP contribution in [0.5, 0.6) is 11.5 Å². The molecule has 0 unspecified atom stereocenters. The van der Waals surface area contributed by atoms with Crippen LogP contribution in [0, 0.1) is 0 Å². The maximum absolute atomic E-state index is 15.7. The Bertz CT molecular complexity index is 714. The summed E-state index contributed by atoms with van der Waals surface area (Å²) in [5.74, 6) is 1.13. The Labute approximate surface area is 167 Å². The highest BCUT2D eigenvalue weighted by Gasteiger charge is 2.53. The van der Waals surface area contributed by atoms with E-state index in [-0.39, 0.29) is 0 Å². The van der Waals surface area contributed by atoms with Gasteiger partial charge in [-0.1, -0.05) is 6.08 Å². The third-order valence-corrected chi connectivity index (χ3v) is 5.21. The van der Waals surface area contributed by atoms with Crippen molar-refractivity contribution in [1.82, 2.24) is 0 Å². The molecule has 5 nitrogen and oxygen atoms in total. The first-order chi connectivity index (χ1) is 13.2. The van der Waals surface area contributed by atoms with Crippen molar-refractivity contribution in [3.8, 4) is 11.5 Å². The van der Waals surface area contributed by atoms with Crippen molar-refractivity contribution >= 4 is 12.7 Å². The summed E-state index contributed by atoms with van der Waals surface area (Å²) in [6.45, 7) is 11.9. The normalized spacial score (nSPS) is 18.6. The lowest BCUT2D eigenvalue weighted by Gasteiger charge is -2.32. The maximum atomic E-state index is 15.7. The Kier molecular flexibility index (Phi) is 7.31. The first-order valence-corrected chi connectivity index (χ1v) is 9.32. The molecule has 1 aromatic rings. The Morgan fingerprint density at radius 1 is 1.14 bits per heavy atom. The highest BCUT2D eigenvalue weighted by molar-refractivity contribution is 6.55. The van der Waals surface area contributed by atoms with E-state index in [1.807, 2.05) is 27.7 Å². The fourth-order valence-corrected chi connectivity index (χ4v) is 2.86. The van der Waals surface area contributed by atoms with Crippen molar-refractivity contribution < 1.29 is 27.9 Å². The summed E-state index contributed by atoms with van der Waals surface area (Å²) in [6, 6.07) is 5.25. The molecule has 0 N–H and O–H groups in total. The zero-order chi connectivity index (χ0) is 20.9. The van der Waals surface area contributed by atoms with Gasteiger partial charge in [0.1, 0.15) is 17.2 Å². The van der Waals surface area contributed by atoms with Gasteiger partial charge in [-0.2, -0.15) is 0 Å². The fraction of sp³-hybridized carbons (Fsp3) is 0.524. The molecule has 0 atom stereocenters. The number of hydrogen-bond acceptors (Lipinski definition) is 5. The molecule has 1 saturated heterocycles. The van der Waals surface area contributed by atoms with Crippen molar-refractivity contribution in [3.05, 3.63) is 42.1 Å². The van der Waals surface area contributed by atoms with Gasteiger partial charge in [0.2, 0.25) is 0 Å². The minimum absolute atomic E-state index is 0.313. The first kappa shape index (κ1) is 22.5. The van der Waals surface area contributed by atoms with Crippen LogP contribution in [0.1, 0.15) is 39.7 Å².